The second kappa shape index (κ2) is 9.34. The minimum Gasteiger partial charge on any atom is -0.399 e. The van der Waals surface area contributed by atoms with Gasteiger partial charge in [-0.1, -0.05) is 22.9 Å². The number of halogens is 2. The van der Waals surface area contributed by atoms with E-state index in [-0.39, 0.29) is 12.5 Å². The number of carbonyl (C=O) groups excluding carboxylic acids is 3. The molecule has 1 fully saturated rings. The summed E-state index contributed by atoms with van der Waals surface area (Å²) < 4.78 is 11.1. The highest BCUT2D eigenvalue weighted by molar-refractivity contribution is 9.11. The number of morpholine rings is 1. The van der Waals surface area contributed by atoms with Gasteiger partial charge in [-0.3, -0.25) is 9.59 Å². The van der Waals surface area contributed by atoms with Gasteiger partial charge in [-0.25, -0.2) is 4.79 Å². The fourth-order valence-electron chi connectivity index (χ4n) is 2.64. The summed E-state index contributed by atoms with van der Waals surface area (Å²) in [5.41, 5.74) is -0.275. The highest BCUT2D eigenvalue weighted by Crippen LogP contribution is 2.31. The quantitative estimate of drug-likeness (QED) is 0.625. The Labute approximate surface area is 190 Å². The van der Waals surface area contributed by atoms with Crippen LogP contribution in [0, 0.1) is 0 Å². The van der Waals surface area contributed by atoms with Gasteiger partial charge in [-0.15, -0.1) is 0 Å². The van der Waals surface area contributed by atoms with Crippen LogP contribution in [0.3, 0.4) is 0 Å². The molecule has 2 N–H and O–H groups in total. The minimum absolute atomic E-state index is 0.00714. The van der Waals surface area contributed by atoms with Gasteiger partial charge < -0.3 is 25.0 Å². The van der Waals surface area contributed by atoms with Crippen molar-refractivity contribution in [3.8, 4) is 5.06 Å². The van der Waals surface area contributed by atoms with E-state index in [1.54, 1.807) is 49.1 Å². The lowest BCUT2D eigenvalue weighted by Gasteiger charge is -2.28. The summed E-state index contributed by atoms with van der Waals surface area (Å²) in [5.74, 6) is -0.639. The third kappa shape index (κ3) is 5.51. The maximum atomic E-state index is 12.7. The molecule has 160 valence electrons. The first-order chi connectivity index (χ1) is 14.2. The van der Waals surface area contributed by atoms with Crippen LogP contribution >= 0.6 is 38.9 Å². The largest absolute Gasteiger partial charge is 0.414 e. The van der Waals surface area contributed by atoms with Crippen LogP contribution in [-0.4, -0.2) is 43.2 Å². The number of carbonyl (C=O) groups is 3. The van der Waals surface area contributed by atoms with Gasteiger partial charge >= 0.3 is 6.09 Å². The van der Waals surface area contributed by atoms with Gasteiger partial charge in [0.1, 0.15) is 12.1 Å². The third-order valence-electron chi connectivity index (χ3n) is 4.21. The summed E-state index contributed by atoms with van der Waals surface area (Å²) >= 11 is 10.9. The average Bonchev–Trinajstić information content (AvgIpc) is 3.06. The van der Waals surface area contributed by atoms with E-state index in [0.29, 0.717) is 34.6 Å². The van der Waals surface area contributed by atoms with Crippen molar-refractivity contribution in [1.82, 2.24) is 5.32 Å². The molecule has 8 nitrogen and oxygen atoms in total. The van der Waals surface area contributed by atoms with Crippen molar-refractivity contribution in [2.24, 2.45) is 0 Å². The number of thiophene rings is 1. The van der Waals surface area contributed by atoms with E-state index < -0.39 is 17.5 Å². The first kappa shape index (κ1) is 22.5. The van der Waals surface area contributed by atoms with Crippen molar-refractivity contribution >= 4 is 68.2 Å². The van der Waals surface area contributed by atoms with Crippen molar-refractivity contribution in [3.63, 3.8) is 0 Å². The van der Waals surface area contributed by atoms with Crippen molar-refractivity contribution in [3.05, 3.63) is 39.1 Å². The van der Waals surface area contributed by atoms with Crippen molar-refractivity contribution < 1.29 is 23.9 Å². The van der Waals surface area contributed by atoms with Crippen molar-refractivity contribution in [1.29, 1.82) is 0 Å². The van der Waals surface area contributed by atoms with Gasteiger partial charge in [0.2, 0.25) is 5.91 Å². The average molecular weight is 517 g/mol. The molecule has 0 aliphatic carbocycles. The zero-order valence-electron chi connectivity index (χ0n) is 16.2. The summed E-state index contributed by atoms with van der Waals surface area (Å²) in [4.78, 5) is 38.3. The van der Waals surface area contributed by atoms with Crippen LogP contribution in [0.4, 0.5) is 16.2 Å². The maximum Gasteiger partial charge on any atom is 0.414 e. The van der Waals surface area contributed by atoms with Crippen LogP contribution in [-0.2, 0) is 14.3 Å². The molecule has 1 aromatic heterocycles. The highest BCUT2D eigenvalue weighted by Gasteiger charge is 2.31. The SMILES string of the molecule is CC(C)(NC(=O)Oc1ccc(Br)s1)C(=O)Nc1ccc(N2CCOCC2=O)c(Cl)c1. The second-order valence-electron chi connectivity index (χ2n) is 6.92. The molecule has 30 heavy (non-hydrogen) atoms. The first-order valence-corrected chi connectivity index (χ1v) is 10.9. The number of hydrogen-bond donors (Lipinski definition) is 2. The van der Waals surface area contributed by atoms with Crippen LogP contribution in [0.25, 0.3) is 0 Å². The number of nitrogens with zero attached hydrogens (tertiary/aromatic N) is 1. The molecule has 1 aliphatic rings. The van der Waals surface area contributed by atoms with Crippen molar-refractivity contribution in [2.75, 3.05) is 30.0 Å². The fraction of sp³-hybridized carbons (Fsp3) is 0.316. The molecule has 0 spiro atoms. The molecule has 3 rings (SSSR count). The standard InChI is InChI=1S/C19H19BrClN3O5S/c1-19(2,23-18(27)29-16-6-5-14(20)30-16)17(26)22-11-3-4-13(12(21)9-11)24-7-8-28-10-15(24)25/h3-6,9H,7-8,10H2,1-2H3,(H,22,26)(H,23,27). The van der Waals surface area contributed by atoms with E-state index in [9.17, 15) is 14.4 Å². The summed E-state index contributed by atoms with van der Waals surface area (Å²) in [5, 5.41) is 5.96. The second-order valence-corrected chi connectivity index (χ2v) is 9.75. The molecule has 0 bridgehead atoms. The number of amides is 3. The molecular weight excluding hydrogens is 498 g/mol. The molecule has 1 saturated heterocycles. The number of rotatable bonds is 5. The van der Waals surface area contributed by atoms with E-state index in [2.05, 4.69) is 26.6 Å². The monoisotopic (exact) mass is 515 g/mol. The van der Waals surface area contributed by atoms with Gasteiger partial charge in [-0.2, -0.15) is 0 Å². The Bertz CT molecular complexity index is 981. The Hall–Kier alpha value is -2.14. The smallest absolute Gasteiger partial charge is 0.399 e. The number of hydrogen-bond acceptors (Lipinski definition) is 6. The molecule has 11 heteroatoms. The van der Waals surface area contributed by atoms with Gasteiger partial charge in [0.25, 0.3) is 5.91 Å². The van der Waals surface area contributed by atoms with Gasteiger partial charge in [0.15, 0.2) is 5.06 Å². The summed E-state index contributed by atoms with van der Waals surface area (Å²) in [6, 6.07) is 8.24. The van der Waals surface area contributed by atoms with Crippen LogP contribution in [0.5, 0.6) is 5.06 Å². The van der Waals surface area contributed by atoms with Crippen LogP contribution in [0.1, 0.15) is 13.8 Å². The molecule has 2 aromatic rings. The minimum atomic E-state index is -1.25. The molecule has 2 heterocycles. The van der Waals surface area contributed by atoms with Gasteiger partial charge in [0.05, 0.1) is 21.1 Å². The number of anilines is 2. The molecule has 1 aromatic carbocycles. The Balaban J connectivity index is 1.63. The predicted molar refractivity (Wildman–Crippen MR) is 119 cm³/mol. The van der Waals surface area contributed by atoms with Gasteiger partial charge in [0, 0.05) is 12.2 Å². The Morgan fingerprint density at radius 1 is 1.30 bits per heavy atom. The van der Waals surface area contributed by atoms with E-state index in [1.165, 1.54) is 11.3 Å². The fourth-order valence-corrected chi connectivity index (χ4v) is 4.12. The Morgan fingerprint density at radius 2 is 2.07 bits per heavy atom. The Morgan fingerprint density at radius 3 is 2.70 bits per heavy atom. The lowest BCUT2D eigenvalue weighted by Crippen LogP contribution is -2.53. The molecular formula is C19H19BrClN3O5S. The van der Waals surface area contributed by atoms with Gasteiger partial charge in [-0.05, 0) is 60.1 Å². The number of nitrogens with one attached hydrogen (secondary N) is 2. The van der Waals surface area contributed by atoms with E-state index in [1.807, 2.05) is 0 Å². The molecule has 0 saturated carbocycles. The number of ether oxygens (including phenoxy) is 2. The Kier molecular flexibility index (Phi) is 7.02. The summed E-state index contributed by atoms with van der Waals surface area (Å²) in [6.45, 7) is 3.95. The molecule has 0 radical (unpaired) electrons. The van der Waals surface area contributed by atoms with E-state index in [4.69, 9.17) is 21.1 Å². The summed E-state index contributed by atoms with van der Waals surface area (Å²) in [7, 11) is 0. The lowest BCUT2D eigenvalue weighted by atomic mass is 10.0. The molecule has 0 unspecified atom stereocenters. The summed E-state index contributed by atoms with van der Waals surface area (Å²) in [6.07, 6.45) is -0.747. The topological polar surface area (TPSA) is 97.0 Å². The van der Waals surface area contributed by atoms with E-state index >= 15 is 0 Å². The number of benzene rings is 1. The van der Waals surface area contributed by atoms with E-state index in [0.717, 1.165) is 3.79 Å². The van der Waals surface area contributed by atoms with Crippen molar-refractivity contribution in [2.45, 2.75) is 19.4 Å². The third-order valence-corrected chi connectivity index (χ3v) is 6.01. The molecule has 3 amide bonds. The molecule has 1 aliphatic heterocycles. The first-order valence-electron chi connectivity index (χ1n) is 8.90. The normalized spacial score (nSPS) is 14.4. The van der Waals surface area contributed by atoms with Crippen LogP contribution in [0.15, 0.2) is 34.1 Å². The maximum absolute atomic E-state index is 12.7. The van der Waals surface area contributed by atoms with Crippen LogP contribution in [0.2, 0.25) is 5.02 Å². The zero-order valence-corrected chi connectivity index (χ0v) is 19.3. The highest BCUT2D eigenvalue weighted by atomic mass is 79.9. The zero-order chi connectivity index (χ0) is 21.9. The predicted octanol–water partition coefficient (Wildman–Crippen LogP) is 4.03. The molecule has 0 atom stereocenters. The van der Waals surface area contributed by atoms with Crippen LogP contribution < -0.4 is 20.3 Å². The lowest BCUT2D eigenvalue weighted by molar-refractivity contribution is -0.125.